The predicted octanol–water partition coefficient (Wildman–Crippen LogP) is 4.88. The first-order valence-electron chi connectivity index (χ1n) is 9.26. The zero-order valence-corrected chi connectivity index (χ0v) is 17.8. The van der Waals surface area contributed by atoms with Gasteiger partial charge in [-0.2, -0.15) is 0 Å². The highest BCUT2D eigenvalue weighted by atomic mass is 16.6. The van der Waals surface area contributed by atoms with Gasteiger partial charge < -0.3 is 18.9 Å². The Morgan fingerprint density at radius 1 is 0.893 bits per heavy atom. The highest BCUT2D eigenvalue weighted by molar-refractivity contribution is 5.72. The molecule has 0 aliphatic rings. The predicted molar refractivity (Wildman–Crippen MR) is 110 cm³/mol. The molecule has 152 valence electrons. The molecule has 0 bridgehead atoms. The van der Waals surface area contributed by atoms with Crippen LogP contribution in [-0.4, -0.2) is 32.9 Å². The maximum absolute atomic E-state index is 12.7. The summed E-state index contributed by atoms with van der Waals surface area (Å²) in [5.41, 5.74) is 2.42. The fourth-order valence-corrected chi connectivity index (χ4v) is 3.21. The average molecular weight is 386 g/mol. The number of aryl methyl sites for hydroxylation is 1. The number of hydrogen-bond donors (Lipinski definition) is 0. The van der Waals surface area contributed by atoms with E-state index in [4.69, 9.17) is 18.9 Å². The molecule has 2 aromatic rings. The summed E-state index contributed by atoms with van der Waals surface area (Å²) < 4.78 is 21.8. The smallest absolute Gasteiger partial charge is 0.307 e. The van der Waals surface area contributed by atoms with E-state index in [2.05, 4.69) is 0 Å². The van der Waals surface area contributed by atoms with Crippen LogP contribution in [0.15, 0.2) is 36.4 Å². The van der Waals surface area contributed by atoms with Crippen molar-refractivity contribution < 1.29 is 23.7 Å². The molecule has 0 unspecified atom stereocenters. The van der Waals surface area contributed by atoms with Crippen LogP contribution in [0.25, 0.3) is 0 Å². The van der Waals surface area contributed by atoms with Crippen LogP contribution >= 0.6 is 0 Å². The van der Waals surface area contributed by atoms with Gasteiger partial charge >= 0.3 is 5.97 Å². The highest BCUT2D eigenvalue weighted by Gasteiger charge is 2.26. The van der Waals surface area contributed by atoms with Gasteiger partial charge in [-0.3, -0.25) is 4.79 Å². The average Bonchev–Trinajstić information content (AvgIpc) is 2.64. The fourth-order valence-electron chi connectivity index (χ4n) is 3.21. The maximum atomic E-state index is 12.7. The summed E-state index contributed by atoms with van der Waals surface area (Å²) in [7, 11) is 4.86. The Morgan fingerprint density at radius 2 is 1.46 bits per heavy atom. The lowest BCUT2D eigenvalue weighted by Crippen LogP contribution is -2.25. The van der Waals surface area contributed by atoms with E-state index < -0.39 is 5.60 Å². The summed E-state index contributed by atoms with van der Waals surface area (Å²) in [5, 5.41) is 0. The molecule has 28 heavy (non-hydrogen) atoms. The molecule has 0 spiro atoms. The lowest BCUT2D eigenvalue weighted by atomic mass is 9.85. The second-order valence-corrected chi connectivity index (χ2v) is 7.67. The van der Waals surface area contributed by atoms with Gasteiger partial charge in [0.2, 0.25) is 0 Å². The Balaban J connectivity index is 2.52. The number of rotatable bonds is 7. The summed E-state index contributed by atoms with van der Waals surface area (Å²) in [6.45, 7) is 7.61. The van der Waals surface area contributed by atoms with Crippen LogP contribution in [0, 0.1) is 6.92 Å². The minimum absolute atomic E-state index is 0.202. The van der Waals surface area contributed by atoms with E-state index in [1.807, 2.05) is 64.1 Å². The van der Waals surface area contributed by atoms with Gasteiger partial charge in [-0.25, -0.2) is 0 Å². The second-order valence-electron chi connectivity index (χ2n) is 7.67. The summed E-state index contributed by atoms with van der Waals surface area (Å²) in [6, 6.07) is 11.5. The molecule has 0 saturated carbocycles. The zero-order chi connectivity index (χ0) is 20.9. The van der Waals surface area contributed by atoms with Crippen LogP contribution in [0.3, 0.4) is 0 Å². The van der Waals surface area contributed by atoms with Gasteiger partial charge in [0.15, 0.2) is 0 Å². The van der Waals surface area contributed by atoms with E-state index in [0.717, 1.165) is 22.4 Å². The molecule has 0 aromatic heterocycles. The van der Waals surface area contributed by atoms with Crippen molar-refractivity contribution in [3.63, 3.8) is 0 Å². The van der Waals surface area contributed by atoms with Crippen LogP contribution in [0.5, 0.6) is 17.2 Å². The summed E-state index contributed by atoms with van der Waals surface area (Å²) >= 11 is 0. The Kier molecular flexibility index (Phi) is 6.95. The van der Waals surface area contributed by atoms with Gasteiger partial charge in [-0.1, -0.05) is 12.1 Å². The third-order valence-corrected chi connectivity index (χ3v) is 4.46. The number of ether oxygens (including phenoxy) is 4. The molecular weight excluding hydrogens is 356 g/mol. The van der Waals surface area contributed by atoms with E-state index >= 15 is 0 Å². The van der Waals surface area contributed by atoms with Crippen molar-refractivity contribution in [3.05, 3.63) is 53.1 Å². The quantitative estimate of drug-likeness (QED) is 0.635. The third-order valence-electron chi connectivity index (χ3n) is 4.46. The molecule has 0 N–H and O–H groups in total. The Morgan fingerprint density at radius 3 is 1.96 bits per heavy atom. The number of esters is 1. The van der Waals surface area contributed by atoms with E-state index in [1.165, 1.54) is 0 Å². The van der Waals surface area contributed by atoms with Gasteiger partial charge in [0.1, 0.15) is 22.8 Å². The number of carbonyl (C=O) groups is 1. The molecule has 2 rings (SSSR count). The zero-order valence-electron chi connectivity index (χ0n) is 17.8. The molecule has 0 saturated heterocycles. The second kappa shape index (κ2) is 9.00. The van der Waals surface area contributed by atoms with Crippen LogP contribution in [0.4, 0.5) is 0 Å². The van der Waals surface area contributed by atoms with E-state index in [0.29, 0.717) is 11.5 Å². The topological polar surface area (TPSA) is 54.0 Å². The Bertz CT molecular complexity index is 820. The Labute approximate surface area is 167 Å². The standard InChI is InChI=1S/C23H30O5/c1-15-12-16(25-5)8-10-18(15)20(14-22(24)28-23(2,3)4)19-11-9-17(26-6)13-21(19)27-7/h8-13,20H,14H2,1-7H3/t20-/m0/s1. The molecule has 0 aliphatic carbocycles. The highest BCUT2D eigenvalue weighted by Crippen LogP contribution is 2.39. The first-order chi connectivity index (χ1) is 13.2. The van der Waals surface area contributed by atoms with Crippen molar-refractivity contribution in [2.45, 2.75) is 45.6 Å². The van der Waals surface area contributed by atoms with E-state index in [9.17, 15) is 4.79 Å². The van der Waals surface area contributed by atoms with Crippen LogP contribution < -0.4 is 14.2 Å². The fraction of sp³-hybridized carbons (Fsp3) is 0.435. The lowest BCUT2D eigenvalue weighted by Gasteiger charge is -2.25. The van der Waals surface area contributed by atoms with Gasteiger partial charge in [0, 0.05) is 17.5 Å². The summed E-state index contributed by atoms with van der Waals surface area (Å²) in [4.78, 5) is 12.7. The van der Waals surface area contributed by atoms with Crippen molar-refractivity contribution >= 4 is 5.97 Å². The minimum Gasteiger partial charge on any atom is -0.497 e. The molecule has 5 nitrogen and oxygen atoms in total. The largest absolute Gasteiger partial charge is 0.497 e. The SMILES string of the molecule is COc1ccc([C@H](CC(=O)OC(C)(C)C)c2ccc(OC)cc2OC)c(C)c1. The molecule has 0 aliphatic heterocycles. The maximum Gasteiger partial charge on any atom is 0.307 e. The number of benzene rings is 2. The minimum atomic E-state index is -0.541. The van der Waals surface area contributed by atoms with E-state index in [1.54, 1.807) is 21.3 Å². The van der Waals surface area contributed by atoms with Gasteiger partial charge in [-0.15, -0.1) is 0 Å². The molecule has 0 amide bonds. The third kappa shape index (κ3) is 5.41. The lowest BCUT2D eigenvalue weighted by molar-refractivity contribution is -0.155. The van der Waals surface area contributed by atoms with Crippen molar-refractivity contribution in [2.75, 3.05) is 21.3 Å². The number of methoxy groups -OCH3 is 3. The van der Waals surface area contributed by atoms with Crippen molar-refractivity contribution in [1.29, 1.82) is 0 Å². The monoisotopic (exact) mass is 386 g/mol. The normalized spacial score (nSPS) is 12.2. The molecular formula is C23H30O5. The molecule has 2 aromatic carbocycles. The summed E-state index contributed by atoms with van der Waals surface area (Å²) in [5.74, 6) is 1.66. The van der Waals surface area contributed by atoms with Gasteiger partial charge in [0.05, 0.1) is 27.8 Å². The molecule has 0 heterocycles. The van der Waals surface area contributed by atoms with Crippen molar-refractivity contribution in [2.24, 2.45) is 0 Å². The number of carbonyl (C=O) groups excluding carboxylic acids is 1. The van der Waals surface area contributed by atoms with E-state index in [-0.39, 0.29) is 18.3 Å². The first kappa shape index (κ1) is 21.6. The van der Waals surface area contributed by atoms with Gasteiger partial charge in [-0.05, 0) is 57.0 Å². The van der Waals surface area contributed by atoms with Crippen LogP contribution in [0.2, 0.25) is 0 Å². The van der Waals surface area contributed by atoms with Crippen LogP contribution in [0.1, 0.15) is 49.8 Å². The molecule has 1 atom stereocenters. The molecule has 0 fully saturated rings. The first-order valence-corrected chi connectivity index (χ1v) is 9.26. The molecule has 5 heteroatoms. The summed E-state index contributed by atoms with van der Waals surface area (Å²) in [6.07, 6.45) is 0.202. The van der Waals surface area contributed by atoms with Gasteiger partial charge in [0.25, 0.3) is 0 Å². The Hall–Kier alpha value is -2.69. The number of hydrogen-bond acceptors (Lipinski definition) is 5. The molecule has 0 radical (unpaired) electrons. The van der Waals surface area contributed by atoms with Crippen molar-refractivity contribution in [3.8, 4) is 17.2 Å². The van der Waals surface area contributed by atoms with Crippen LogP contribution in [-0.2, 0) is 9.53 Å². The van der Waals surface area contributed by atoms with Crippen molar-refractivity contribution in [1.82, 2.24) is 0 Å².